The molecule has 162 valence electrons. The van der Waals surface area contributed by atoms with E-state index in [-0.39, 0.29) is 12.4 Å². The predicted molar refractivity (Wildman–Crippen MR) is 118 cm³/mol. The SMILES string of the molecule is CCOc1cc(CNc2ccc3c(c2)OCCO3)cc(Cl)c1OCc1ccccc1F. The Balaban J connectivity index is 1.48. The Morgan fingerprint density at radius 1 is 1.00 bits per heavy atom. The van der Waals surface area contributed by atoms with Crippen LogP contribution in [0.4, 0.5) is 10.1 Å². The molecule has 3 aromatic carbocycles. The molecule has 0 fully saturated rings. The Labute approximate surface area is 185 Å². The maximum atomic E-state index is 13.9. The molecule has 1 aliphatic rings. The van der Waals surface area contributed by atoms with Crippen molar-refractivity contribution in [2.45, 2.75) is 20.1 Å². The lowest BCUT2D eigenvalue weighted by Gasteiger charge is -2.19. The normalized spacial score (nSPS) is 12.4. The van der Waals surface area contributed by atoms with Gasteiger partial charge in [-0.3, -0.25) is 0 Å². The number of hydrogen-bond donors (Lipinski definition) is 1. The van der Waals surface area contributed by atoms with Crippen molar-refractivity contribution < 1.29 is 23.3 Å². The van der Waals surface area contributed by atoms with Crippen molar-refractivity contribution in [3.8, 4) is 23.0 Å². The topological polar surface area (TPSA) is 49.0 Å². The molecule has 0 saturated carbocycles. The highest BCUT2D eigenvalue weighted by atomic mass is 35.5. The lowest BCUT2D eigenvalue weighted by molar-refractivity contribution is 0.171. The molecular weight excluding hydrogens is 421 g/mol. The summed E-state index contributed by atoms with van der Waals surface area (Å²) in [6, 6.07) is 15.9. The maximum Gasteiger partial charge on any atom is 0.180 e. The summed E-state index contributed by atoms with van der Waals surface area (Å²) >= 11 is 6.49. The molecule has 5 nitrogen and oxygen atoms in total. The molecule has 4 rings (SSSR count). The molecule has 0 aromatic heterocycles. The van der Waals surface area contributed by atoms with E-state index < -0.39 is 0 Å². The molecule has 0 spiro atoms. The van der Waals surface area contributed by atoms with Gasteiger partial charge in [-0.2, -0.15) is 0 Å². The van der Waals surface area contributed by atoms with Gasteiger partial charge in [0.2, 0.25) is 0 Å². The van der Waals surface area contributed by atoms with Crippen LogP contribution in [0.25, 0.3) is 0 Å². The number of hydrogen-bond acceptors (Lipinski definition) is 5. The van der Waals surface area contributed by atoms with Crippen LogP contribution in [-0.4, -0.2) is 19.8 Å². The molecule has 0 unspecified atom stereocenters. The van der Waals surface area contributed by atoms with E-state index >= 15 is 0 Å². The number of nitrogens with one attached hydrogen (secondary N) is 1. The van der Waals surface area contributed by atoms with E-state index in [9.17, 15) is 4.39 Å². The van der Waals surface area contributed by atoms with Gasteiger partial charge in [-0.1, -0.05) is 29.8 Å². The Hall–Kier alpha value is -3.12. The largest absolute Gasteiger partial charge is 0.490 e. The van der Waals surface area contributed by atoms with Gasteiger partial charge in [0.25, 0.3) is 0 Å². The fourth-order valence-electron chi connectivity index (χ4n) is 3.25. The zero-order valence-corrected chi connectivity index (χ0v) is 17.9. The van der Waals surface area contributed by atoms with Gasteiger partial charge in [-0.05, 0) is 42.8 Å². The van der Waals surface area contributed by atoms with Crippen molar-refractivity contribution in [2.75, 3.05) is 25.1 Å². The summed E-state index contributed by atoms with van der Waals surface area (Å²) < 4.78 is 36.6. The van der Waals surface area contributed by atoms with Gasteiger partial charge in [-0.25, -0.2) is 4.39 Å². The highest BCUT2D eigenvalue weighted by Gasteiger charge is 2.15. The zero-order valence-electron chi connectivity index (χ0n) is 17.1. The molecule has 1 heterocycles. The van der Waals surface area contributed by atoms with E-state index in [4.69, 9.17) is 30.5 Å². The minimum absolute atomic E-state index is 0.0568. The monoisotopic (exact) mass is 443 g/mol. The van der Waals surface area contributed by atoms with Crippen LogP contribution in [0.1, 0.15) is 18.1 Å². The van der Waals surface area contributed by atoms with Crippen molar-refractivity contribution in [3.05, 3.63) is 76.6 Å². The first-order chi connectivity index (χ1) is 15.1. The quantitative estimate of drug-likeness (QED) is 0.474. The van der Waals surface area contributed by atoms with Gasteiger partial charge in [0.15, 0.2) is 23.0 Å². The molecule has 0 atom stereocenters. The number of fused-ring (bicyclic) bond motifs is 1. The van der Waals surface area contributed by atoms with E-state index in [1.165, 1.54) is 6.07 Å². The Morgan fingerprint density at radius 2 is 1.81 bits per heavy atom. The molecule has 1 aliphatic heterocycles. The van der Waals surface area contributed by atoms with E-state index in [2.05, 4.69) is 5.32 Å². The molecule has 0 amide bonds. The minimum Gasteiger partial charge on any atom is -0.490 e. The smallest absolute Gasteiger partial charge is 0.180 e. The third-order valence-electron chi connectivity index (χ3n) is 4.74. The summed E-state index contributed by atoms with van der Waals surface area (Å²) in [7, 11) is 0. The van der Waals surface area contributed by atoms with Crippen molar-refractivity contribution in [1.82, 2.24) is 0 Å². The summed E-state index contributed by atoms with van der Waals surface area (Å²) in [6.07, 6.45) is 0. The fraction of sp³-hybridized carbons (Fsp3) is 0.250. The van der Waals surface area contributed by atoms with Crippen molar-refractivity contribution in [3.63, 3.8) is 0 Å². The first kappa shape index (κ1) is 21.1. The summed E-state index contributed by atoms with van der Waals surface area (Å²) in [5.74, 6) is 2.06. The summed E-state index contributed by atoms with van der Waals surface area (Å²) in [6.45, 7) is 4.01. The van der Waals surface area contributed by atoms with E-state index in [1.54, 1.807) is 18.2 Å². The van der Waals surface area contributed by atoms with Crippen LogP contribution in [0.2, 0.25) is 5.02 Å². The second kappa shape index (κ2) is 9.79. The summed E-state index contributed by atoms with van der Waals surface area (Å²) in [5.41, 5.74) is 2.27. The Bertz CT molecular complexity index is 1060. The molecule has 0 saturated heterocycles. The second-order valence-corrected chi connectivity index (χ2v) is 7.34. The van der Waals surface area contributed by atoms with Crippen molar-refractivity contribution in [2.24, 2.45) is 0 Å². The lowest BCUT2D eigenvalue weighted by Crippen LogP contribution is -2.15. The number of benzene rings is 3. The van der Waals surface area contributed by atoms with Crippen LogP contribution in [-0.2, 0) is 13.2 Å². The number of anilines is 1. The molecule has 7 heteroatoms. The van der Waals surface area contributed by atoms with E-state index in [0.29, 0.717) is 48.5 Å². The number of halogens is 2. The van der Waals surface area contributed by atoms with Crippen LogP contribution < -0.4 is 24.3 Å². The van der Waals surface area contributed by atoms with E-state index in [1.807, 2.05) is 37.3 Å². The molecule has 0 bridgehead atoms. The highest BCUT2D eigenvalue weighted by molar-refractivity contribution is 6.32. The minimum atomic E-state index is -0.322. The molecular formula is C24H23ClFNO4. The predicted octanol–water partition coefficient (Wildman–Crippen LogP) is 5.84. The molecule has 0 radical (unpaired) electrons. The lowest BCUT2D eigenvalue weighted by atomic mass is 10.1. The van der Waals surface area contributed by atoms with Gasteiger partial charge in [0, 0.05) is 23.9 Å². The summed E-state index contributed by atoms with van der Waals surface area (Å²) in [5, 5.41) is 3.76. The average molecular weight is 444 g/mol. The van der Waals surface area contributed by atoms with Gasteiger partial charge in [0.05, 0.1) is 11.6 Å². The maximum absolute atomic E-state index is 13.9. The van der Waals surface area contributed by atoms with Gasteiger partial charge >= 0.3 is 0 Å². The van der Waals surface area contributed by atoms with E-state index in [0.717, 1.165) is 22.7 Å². The highest BCUT2D eigenvalue weighted by Crippen LogP contribution is 2.38. The van der Waals surface area contributed by atoms with Crippen LogP contribution in [0.15, 0.2) is 54.6 Å². The van der Waals surface area contributed by atoms with Crippen molar-refractivity contribution >= 4 is 17.3 Å². The van der Waals surface area contributed by atoms with Crippen LogP contribution in [0.3, 0.4) is 0 Å². The fourth-order valence-corrected chi connectivity index (χ4v) is 3.54. The van der Waals surface area contributed by atoms with Crippen LogP contribution >= 0.6 is 11.6 Å². The number of rotatable bonds is 8. The molecule has 1 N–H and O–H groups in total. The van der Waals surface area contributed by atoms with Gasteiger partial charge in [0.1, 0.15) is 25.6 Å². The number of ether oxygens (including phenoxy) is 4. The van der Waals surface area contributed by atoms with Crippen LogP contribution in [0.5, 0.6) is 23.0 Å². The average Bonchev–Trinajstić information content (AvgIpc) is 2.78. The third-order valence-corrected chi connectivity index (χ3v) is 5.02. The standard InChI is InChI=1S/C24H23ClFNO4/c1-2-28-23-12-16(14-27-18-7-8-21-22(13-18)30-10-9-29-21)11-19(25)24(23)31-15-17-5-3-4-6-20(17)26/h3-8,11-13,27H,2,9-10,14-15H2,1H3. The third kappa shape index (κ3) is 5.14. The first-order valence-electron chi connectivity index (χ1n) is 10.1. The van der Waals surface area contributed by atoms with Crippen LogP contribution in [0, 0.1) is 5.82 Å². The van der Waals surface area contributed by atoms with Gasteiger partial charge < -0.3 is 24.3 Å². The zero-order chi connectivity index (χ0) is 21.6. The first-order valence-corrected chi connectivity index (χ1v) is 10.5. The molecule has 31 heavy (non-hydrogen) atoms. The Morgan fingerprint density at radius 3 is 2.61 bits per heavy atom. The molecule has 0 aliphatic carbocycles. The summed E-state index contributed by atoms with van der Waals surface area (Å²) in [4.78, 5) is 0. The second-order valence-electron chi connectivity index (χ2n) is 6.93. The van der Waals surface area contributed by atoms with Gasteiger partial charge in [-0.15, -0.1) is 0 Å². The Kier molecular flexibility index (Phi) is 6.67. The molecule has 3 aromatic rings. The van der Waals surface area contributed by atoms with Crippen molar-refractivity contribution in [1.29, 1.82) is 0 Å².